The van der Waals surface area contributed by atoms with E-state index in [9.17, 15) is 4.79 Å². The Bertz CT molecular complexity index is 292. The molecule has 0 spiro atoms. The van der Waals surface area contributed by atoms with Crippen molar-refractivity contribution in [3.05, 3.63) is 0 Å². The first-order valence-electron chi connectivity index (χ1n) is 7.48. The van der Waals surface area contributed by atoms with Crippen LogP contribution in [-0.2, 0) is 9.53 Å². The van der Waals surface area contributed by atoms with E-state index in [0.717, 1.165) is 19.5 Å². The molecular weight excluding hydrogens is 242 g/mol. The summed E-state index contributed by atoms with van der Waals surface area (Å²) < 4.78 is 5.49. The molecule has 2 aliphatic heterocycles. The minimum absolute atomic E-state index is 0.130. The number of likely N-dealkylation sites (tertiary alicyclic amines) is 2. The third kappa shape index (κ3) is 4.16. The minimum atomic E-state index is 0.130. The Hall–Kier alpha value is -0.650. The van der Waals surface area contributed by atoms with Crippen molar-refractivity contribution in [2.45, 2.75) is 38.3 Å². The van der Waals surface area contributed by atoms with Crippen molar-refractivity contribution in [3.8, 4) is 0 Å². The van der Waals surface area contributed by atoms with Crippen LogP contribution in [0.4, 0.5) is 0 Å². The van der Waals surface area contributed by atoms with E-state index in [1.165, 1.54) is 25.9 Å². The lowest BCUT2D eigenvalue weighted by Gasteiger charge is -2.27. The second-order valence-electron chi connectivity index (χ2n) is 5.64. The predicted octanol–water partition coefficient (Wildman–Crippen LogP) is 0.308. The van der Waals surface area contributed by atoms with Gasteiger partial charge in [0.25, 0.3) is 0 Å². The summed E-state index contributed by atoms with van der Waals surface area (Å²) in [7, 11) is 1.77. The van der Waals surface area contributed by atoms with Crippen LogP contribution >= 0.6 is 0 Å². The first kappa shape index (κ1) is 14.8. The molecular formula is C14H27N3O2. The van der Waals surface area contributed by atoms with Gasteiger partial charge < -0.3 is 15.0 Å². The summed E-state index contributed by atoms with van der Waals surface area (Å²) >= 11 is 0. The topological polar surface area (TPSA) is 44.8 Å². The largest absolute Gasteiger partial charge is 0.380 e. The highest BCUT2D eigenvalue weighted by Crippen LogP contribution is 2.22. The van der Waals surface area contributed by atoms with Gasteiger partial charge in [-0.1, -0.05) is 0 Å². The molecule has 0 saturated carbocycles. The molecule has 2 rings (SSSR count). The van der Waals surface area contributed by atoms with E-state index in [0.29, 0.717) is 19.1 Å². The molecule has 0 aromatic rings. The molecule has 0 unspecified atom stereocenters. The normalized spacial score (nSPS) is 28.9. The zero-order valence-electron chi connectivity index (χ0n) is 12.2. The van der Waals surface area contributed by atoms with Gasteiger partial charge in [-0.25, -0.2) is 0 Å². The molecule has 5 nitrogen and oxygen atoms in total. The van der Waals surface area contributed by atoms with Gasteiger partial charge in [0.2, 0.25) is 5.91 Å². The Morgan fingerprint density at radius 1 is 1.37 bits per heavy atom. The summed E-state index contributed by atoms with van der Waals surface area (Å²) in [4.78, 5) is 16.6. The van der Waals surface area contributed by atoms with Crippen molar-refractivity contribution >= 4 is 5.91 Å². The highest BCUT2D eigenvalue weighted by molar-refractivity contribution is 5.78. The van der Waals surface area contributed by atoms with Crippen molar-refractivity contribution < 1.29 is 9.53 Å². The lowest BCUT2D eigenvalue weighted by molar-refractivity contribution is -0.122. The number of ether oxygens (including phenoxy) is 1. The molecule has 2 atom stereocenters. The van der Waals surface area contributed by atoms with Crippen LogP contribution in [0.2, 0.25) is 0 Å². The summed E-state index contributed by atoms with van der Waals surface area (Å²) in [5.74, 6) is 0.130. The fraction of sp³-hybridized carbons (Fsp3) is 0.929. The van der Waals surface area contributed by atoms with Crippen LogP contribution in [0.1, 0.15) is 26.2 Å². The molecule has 2 saturated heterocycles. The first-order valence-corrected chi connectivity index (χ1v) is 7.48. The SMILES string of the molecule is CCNC(=O)CN1C[C@@H](OC)C[C@H]1CN1CCCC1. The molecule has 2 aliphatic rings. The van der Waals surface area contributed by atoms with Crippen LogP contribution in [0.5, 0.6) is 0 Å². The molecule has 0 bridgehead atoms. The van der Waals surface area contributed by atoms with Crippen molar-refractivity contribution in [1.82, 2.24) is 15.1 Å². The Balaban J connectivity index is 1.87. The number of nitrogens with one attached hydrogen (secondary N) is 1. The monoisotopic (exact) mass is 269 g/mol. The third-order valence-corrected chi connectivity index (χ3v) is 4.21. The van der Waals surface area contributed by atoms with E-state index in [-0.39, 0.29) is 12.0 Å². The lowest BCUT2D eigenvalue weighted by atomic mass is 10.2. The average Bonchev–Trinajstić information content (AvgIpc) is 3.01. The summed E-state index contributed by atoms with van der Waals surface area (Å²) in [6.45, 7) is 7.56. The van der Waals surface area contributed by atoms with Crippen molar-refractivity contribution in [3.63, 3.8) is 0 Å². The Labute approximate surface area is 116 Å². The molecule has 110 valence electrons. The second kappa shape index (κ2) is 7.22. The van der Waals surface area contributed by atoms with Gasteiger partial charge in [0.1, 0.15) is 0 Å². The quantitative estimate of drug-likeness (QED) is 0.754. The summed E-state index contributed by atoms with van der Waals surface area (Å²) in [5, 5.41) is 2.88. The highest BCUT2D eigenvalue weighted by atomic mass is 16.5. The van der Waals surface area contributed by atoms with E-state index in [1.54, 1.807) is 7.11 Å². The third-order valence-electron chi connectivity index (χ3n) is 4.21. The van der Waals surface area contributed by atoms with Crippen molar-refractivity contribution in [2.75, 3.05) is 46.4 Å². The maximum absolute atomic E-state index is 11.8. The minimum Gasteiger partial charge on any atom is -0.380 e. The van der Waals surface area contributed by atoms with Gasteiger partial charge in [-0.05, 0) is 39.3 Å². The zero-order valence-corrected chi connectivity index (χ0v) is 12.2. The number of rotatable bonds is 6. The molecule has 0 aliphatic carbocycles. The number of methoxy groups -OCH3 is 1. The summed E-state index contributed by atoms with van der Waals surface area (Å²) in [5.41, 5.74) is 0. The van der Waals surface area contributed by atoms with Crippen LogP contribution in [0.25, 0.3) is 0 Å². The van der Waals surface area contributed by atoms with Gasteiger partial charge >= 0.3 is 0 Å². The van der Waals surface area contributed by atoms with E-state index in [2.05, 4.69) is 15.1 Å². The lowest BCUT2D eigenvalue weighted by Crippen LogP contribution is -2.44. The zero-order chi connectivity index (χ0) is 13.7. The Morgan fingerprint density at radius 3 is 2.74 bits per heavy atom. The van der Waals surface area contributed by atoms with Gasteiger partial charge in [0, 0.05) is 32.8 Å². The molecule has 19 heavy (non-hydrogen) atoms. The van der Waals surface area contributed by atoms with Crippen molar-refractivity contribution in [1.29, 1.82) is 0 Å². The fourth-order valence-electron chi connectivity index (χ4n) is 3.19. The molecule has 0 aromatic carbocycles. The predicted molar refractivity (Wildman–Crippen MR) is 75.1 cm³/mol. The number of carbonyl (C=O) groups is 1. The van der Waals surface area contributed by atoms with E-state index < -0.39 is 0 Å². The molecule has 5 heteroatoms. The summed E-state index contributed by atoms with van der Waals surface area (Å²) in [6, 6.07) is 0.464. The number of amides is 1. The maximum Gasteiger partial charge on any atom is 0.234 e. The average molecular weight is 269 g/mol. The molecule has 2 fully saturated rings. The fourth-order valence-corrected chi connectivity index (χ4v) is 3.19. The Kier molecular flexibility index (Phi) is 5.60. The molecule has 1 amide bonds. The number of hydrogen-bond acceptors (Lipinski definition) is 4. The van der Waals surface area contributed by atoms with Gasteiger partial charge in [0.05, 0.1) is 12.6 Å². The van der Waals surface area contributed by atoms with Gasteiger partial charge in [0.15, 0.2) is 0 Å². The number of carbonyl (C=O) groups excluding carboxylic acids is 1. The highest BCUT2D eigenvalue weighted by Gasteiger charge is 2.34. The van der Waals surface area contributed by atoms with Gasteiger partial charge in [-0.15, -0.1) is 0 Å². The van der Waals surface area contributed by atoms with Crippen LogP contribution in [0, 0.1) is 0 Å². The van der Waals surface area contributed by atoms with E-state index in [4.69, 9.17) is 4.74 Å². The molecule has 0 radical (unpaired) electrons. The number of hydrogen-bond donors (Lipinski definition) is 1. The van der Waals surface area contributed by atoms with Crippen LogP contribution in [0.15, 0.2) is 0 Å². The molecule has 2 heterocycles. The van der Waals surface area contributed by atoms with E-state index >= 15 is 0 Å². The number of likely N-dealkylation sites (N-methyl/N-ethyl adjacent to an activating group) is 1. The standard InChI is InChI=1S/C14H27N3O2/c1-3-15-14(18)11-17-10-13(19-2)8-12(17)9-16-6-4-5-7-16/h12-13H,3-11H2,1-2H3,(H,15,18)/t12-,13-/m0/s1. The van der Waals surface area contributed by atoms with Crippen LogP contribution < -0.4 is 5.32 Å². The smallest absolute Gasteiger partial charge is 0.234 e. The number of nitrogens with zero attached hydrogens (tertiary/aromatic N) is 2. The van der Waals surface area contributed by atoms with Crippen LogP contribution in [-0.4, -0.2) is 74.2 Å². The van der Waals surface area contributed by atoms with Crippen molar-refractivity contribution in [2.24, 2.45) is 0 Å². The second-order valence-corrected chi connectivity index (χ2v) is 5.64. The van der Waals surface area contributed by atoms with Crippen LogP contribution in [0.3, 0.4) is 0 Å². The summed E-state index contributed by atoms with van der Waals surface area (Å²) in [6.07, 6.45) is 3.96. The molecule has 0 aromatic heterocycles. The first-order chi connectivity index (χ1) is 9.22. The maximum atomic E-state index is 11.8. The molecule has 1 N–H and O–H groups in total. The van der Waals surface area contributed by atoms with E-state index in [1.807, 2.05) is 6.92 Å². The Morgan fingerprint density at radius 2 is 2.11 bits per heavy atom. The van der Waals surface area contributed by atoms with Gasteiger partial charge in [-0.3, -0.25) is 9.69 Å². The van der Waals surface area contributed by atoms with Gasteiger partial charge in [-0.2, -0.15) is 0 Å².